The molecule has 2 heterocycles. The molecule has 1 aliphatic heterocycles. The molecule has 0 spiro atoms. The van der Waals surface area contributed by atoms with E-state index in [1.54, 1.807) is 0 Å². The van der Waals surface area contributed by atoms with Crippen LogP contribution in [0.15, 0.2) is 34.9 Å². The normalized spacial score (nSPS) is 27.3. The van der Waals surface area contributed by atoms with Gasteiger partial charge in [-0.1, -0.05) is 35.0 Å². The third-order valence-electron chi connectivity index (χ3n) is 5.27. The molecule has 2 fully saturated rings. The molecule has 2 aliphatic rings. The van der Waals surface area contributed by atoms with Gasteiger partial charge in [0.2, 0.25) is 0 Å². The number of benzene rings is 1. The Morgan fingerprint density at radius 1 is 1.25 bits per heavy atom. The van der Waals surface area contributed by atoms with Crippen molar-refractivity contribution >= 4 is 0 Å². The van der Waals surface area contributed by atoms with Crippen molar-refractivity contribution in [2.45, 2.75) is 38.5 Å². The van der Waals surface area contributed by atoms with Gasteiger partial charge in [0.15, 0.2) is 5.76 Å². The van der Waals surface area contributed by atoms with Crippen molar-refractivity contribution in [3.05, 3.63) is 41.7 Å². The Morgan fingerprint density at radius 3 is 2.88 bits per heavy atom. The summed E-state index contributed by atoms with van der Waals surface area (Å²) in [5.74, 6) is 1.25. The van der Waals surface area contributed by atoms with Crippen LogP contribution in [0.3, 0.4) is 0 Å². The minimum atomic E-state index is 0.246. The highest BCUT2D eigenvalue weighted by molar-refractivity contribution is 5.59. The zero-order valence-electron chi connectivity index (χ0n) is 14.0. The summed E-state index contributed by atoms with van der Waals surface area (Å²) in [6, 6.07) is 10.7. The summed E-state index contributed by atoms with van der Waals surface area (Å²) in [4.78, 5) is 2.42. The second-order valence-corrected chi connectivity index (χ2v) is 7.01. The molecule has 3 atom stereocenters. The quantitative estimate of drug-likeness (QED) is 0.935. The van der Waals surface area contributed by atoms with Crippen LogP contribution < -0.4 is 0 Å². The molecule has 1 aliphatic carbocycles. The predicted octanol–water partition coefficient (Wildman–Crippen LogP) is 2.62. The lowest BCUT2D eigenvalue weighted by Gasteiger charge is -2.36. The Hall–Kier alpha value is -1.69. The third-order valence-corrected chi connectivity index (χ3v) is 5.27. The average molecular weight is 328 g/mol. The fourth-order valence-corrected chi connectivity index (χ4v) is 3.92. The van der Waals surface area contributed by atoms with Crippen LogP contribution in [-0.2, 0) is 11.3 Å². The van der Waals surface area contributed by atoms with E-state index in [1.165, 1.54) is 5.56 Å². The van der Waals surface area contributed by atoms with Crippen LogP contribution in [0.4, 0.5) is 0 Å². The van der Waals surface area contributed by atoms with Gasteiger partial charge in [-0.15, -0.1) is 0 Å². The van der Waals surface area contributed by atoms with E-state index < -0.39 is 0 Å². The van der Waals surface area contributed by atoms with Crippen molar-refractivity contribution in [2.24, 2.45) is 5.92 Å². The van der Waals surface area contributed by atoms with E-state index in [0.717, 1.165) is 49.6 Å². The van der Waals surface area contributed by atoms with Crippen molar-refractivity contribution in [3.8, 4) is 11.3 Å². The Balaban J connectivity index is 1.46. The third kappa shape index (κ3) is 3.11. The Morgan fingerprint density at radius 2 is 2.08 bits per heavy atom. The van der Waals surface area contributed by atoms with Crippen LogP contribution in [0.1, 0.15) is 24.2 Å². The maximum Gasteiger partial charge on any atom is 0.151 e. The molecule has 2 aromatic rings. The molecule has 4 rings (SSSR count). The summed E-state index contributed by atoms with van der Waals surface area (Å²) in [5, 5.41) is 13.7. The molecule has 1 saturated heterocycles. The van der Waals surface area contributed by atoms with Gasteiger partial charge >= 0.3 is 0 Å². The molecule has 1 aromatic heterocycles. The number of aryl methyl sites for hydroxylation is 1. The van der Waals surface area contributed by atoms with E-state index in [-0.39, 0.29) is 12.7 Å². The van der Waals surface area contributed by atoms with Gasteiger partial charge in [-0.25, -0.2) is 0 Å². The maximum atomic E-state index is 9.44. The highest BCUT2D eigenvalue weighted by Gasteiger charge is 2.40. The summed E-state index contributed by atoms with van der Waals surface area (Å²) < 4.78 is 11.5. The number of fused-ring (bicyclic) bond motifs is 1. The summed E-state index contributed by atoms with van der Waals surface area (Å²) in [6.07, 6.45) is 2.21. The molecule has 24 heavy (non-hydrogen) atoms. The van der Waals surface area contributed by atoms with Gasteiger partial charge in [0.05, 0.1) is 19.3 Å². The van der Waals surface area contributed by atoms with Gasteiger partial charge in [0, 0.05) is 30.8 Å². The van der Waals surface area contributed by atoms with Crippen molar-refractivity contribution in [1.29, 1.82) is 0 Å². The Labute approximate surface area is 142 Å². The molecule has 1 aromatic carbocycles. The van der Waals surface area contributed by atoms with Crippen LogP contribution in [0, 0.1) is 12.8 Å². The first-order chi connectivity index (χ1) is 11.7. The lowest BCUT2D eigenvalue weighted by Crippen LogP contribution is -2.47. The SMILES string of the molecule is Cc1ccc(-c2cc(CN3CCO[C@H]4C[C@H](CO)C[C@@H]43)on2)cc1. The smallest absolute Gasteiger partial charge is 0.151 e. The summed E-state index contributed by atoms with van der Waals surface area (Å²) in [7, 11) is 0. The highest BCUT2D eigenvalue weighted by atomic mass is 16.5. The van der Waals surface area contributed by atoms with E-state index in [4.69, 9.17) is 9.26 Å². The molecule has 0 unspecified atom stereocenters. The van der Waals surface area contributed by atoms with Gasteiger partial charge in [0.25, 0.3) is 0 Å². The Bertz CT molecular complexity index is 682. The number of ether oxygens (including phenoxy) is 1. The Kier molecular flexibility index (Phi) is 4.39. The molecular weight excluding hydrogens is 304 g/mol. The first kappa shape index (κ1) is 15.8. The number of morpholine rings is 1. The maximum absolute atomic E-state index is 9.44. The molecular formula is C19H24N2O3. The summed E-state index contributed by atoms with van der Waals surface area (Å²) in [6.45, 7) is 4.73. The molecule has 5 nitrogen and oxygen atoms in total. The van der Waals surface area contributed by atoms with E-state index >= 15 is 0 Å². The second-order valence-electron chi connectivity index (χ2n) is 7.01. The van der Waals surface area contributed by atoms with Crippen molar-refractivity contribution in [2.75, 3.05) is 19.8 Å². The van der Waals surface area contributed by atoms with Crippen LogP contribution in [-0.4, -0.2) is 47.1 Å². The standard InChI is InChI=1S/C19H24N2O3/c1-13-2-4-15(5-3-13)17-10-16(24-20-17)11-21-6-7-23-19-9-14(12-22)8-18(19)21/h2-5,10,14,18-19,22H,6-9,11-12H2,1H3/t14-,18+,19+/m1/s1. The number of hydrogen-bond acceptors (Lipinski definition) is 5. The monoisotopic (exact) mass is 328 g/mol. The van der Waals surface area contributed by atoms with Gasteiger partial charge in [-0.2, -0.15) is 0 Å². The first-order valence-corrected chi connectivity index (χ1v) is 8.72. The largest absolute Gasteiger partial charge is 0.396 e. The molecule has 128 valence electrons. The second kappa shape index (κ2) is 6.67. The zero-order chi connectivity index (χ0) is 16.5. The average Bonchev–Trinajstić information content (AvgIpc) is 3.22. The van der Waals surface area contributed by atoms with Crippen molar-refractivity contribution in [1.82, 2.24) is 10.1 Å². The van der Waals surface area contributed by atoms with Crippen molar-refractivity contribution < 1.29 is 14.4 Å². The predicted molar refractivity (Wildman–Crippen MR) is 90.4 cm³/mol. The molecule has 0 bridgehead atoms. The van der Waals surface area contributed by atoms with Crippen LogP contribution in [0.25, 0.3) is 11.3 Å². The molecule has 0 amide bonds. The fourth-order valence-electron chi connectivity index (χ4n) is 3.92. The van der Waals surface area contributed by atoms with Crippen LogP contribution in [0.5, 0.6) is 0 Å². The molecule has 0 radical (unpaired) electrons. The lowest BCUT2D eigenvalue weighted by molar-refractivity contribution is -0.0612. The molecule has 1 N–H and O–H groups in total. The van der Waals surface area contributed by atoms with Gasteiger partial charge in [0.1, 0.15) is 5.69 Å². The minimum absolute atomic E-state index is 0.246. The topological polar surface area (TPSA) is 58.7 Å². The van der Waals surface area contributed by atoms with Gasteiger partial charge < -0.3 is 14.4 Å². The van der Waals surface area contributed by atoms with E-state index in [2.05, 4.69) is 41.2 Å². The number of hydrogen-bond donors (Lipinski definition) is 1. The molecule has 1 saturated carbocycles. The van der Waals surface area contributed by atoms with Crippen LogP contribution in [0.2, 0.25) is 0 Å². The van der Waals surface area contributed by atoms with Gasteiger partial charge in [-0.3, -0.25) is 4.90 Å². The fraction of sp³-hybridized carbons (Fsp3) is 0.526. The number of aromatic nitrogens is 1. The number of aliphatic hydroxyl groups excluding tert-OH is 1. The number of aliphatic hydroxyl groups is 1. The summed E-state index contributed by atoms with van der Waals surface area (Å²) >= 11 is 0. The van der Waals surface area contributed by atoms with Gasteiger partial charge in [-0.05, 0) is 25.7 Å². The first-order valence-electron chi connectivity index (χ1n) is 8.72. The van der Waals surface area contributed by atoms with E-state index in [9.17, 15) is 5.11 Å². The minimum Gasteiger partial charge on any atom is -0.396 e. The molecule has 5 heteroatoms. The lowest BCUT2D eigenvalue weighted by atomic mass is 10.1. The van der Waals surface area contributed by atoms with Crippen molar-refractivity contribution in [3.63, 3.8) is 0 Å². The highest BCUT2D eigenvalue weighted by Crippen LogP contribution is 2.35. The zero-order valence-corrected chi connectivity index (χ0v) is 14.0. The van der Waals surface area contributed by atoms with E-state index in [0.29, 0.717) is 12.0 Å². The van der Waals surface area contributed by atoms with E-state index in [1.807, 2.05) is 6.07 Å². The summed E-state index contributed by atoms with van der Waals surface area (Å²) in [5.41, 5.74) is 3.20. The van der Waals surface area contributed by atoms with Crippen LogP contribution >= 0.6 is 0 Å². The number of nitrogens with zero attached hydrogens (tertiary/aromatic N) is 2. The number of rotatable bonds is 4.